The number of hydrogen-bond donors (Lipinski definition) is 3. The van der Waals surface area contributed by atoms with Gasteiger partial charge in [-0.2, -0.15) is 0 Å². The summed E-state index contributed by atoms with van der Waals surface area (Å²) in [6.45, 7) is 0. The number of aromatic nitrogens is 1. The SMILES string of the molecule is O=C(NNC(=O)C12CC3CC(CC(C3)C1)C2)c1ccc[nH]c1=S. The summed E-state index contributed by atoms with van der Waals surface area (Å²) in [5, 5.41) is 0. The lowest BCUT2D eigenvalue weighted by molar-refractivity contribution is -0.147. The molecule has 0 atom stereocenters. The minimum absolute atomic E-state index is 0.0178. The van der Waals surface area contributed by atoms with Crippen LogP contribution in [-0.2, 0) is 4.79 Å². The van der Waals surface area contributed by atoms with Crippen molar-refractivity contribution in [2.75, 3.05) is 0 Å². The highest BCUT2D eigenvalue weighted by Crippen LogP contribution is 2.59. The average Bonchev–Trinajstić information content (AvgIpc) is 2.51. The van der Waals surface area contributed by atoms with Gasteiger partial charge >= 0.3 is 0 Å². The van der Waals surface area contributed by atoms with E-state index in [1.165, 1.54) is 19.3 Å². The van der Waals surface area contributed by atoms with Gasteiger partial charge in [-0.3, -0.25) is 20.4 Å². The first-order chi connectivity index (χ1) is 11.1. The van der Waals surface area contributed by atoms with Gasteiger partial charge in [0.25, 0.3) is 5.91 Å². The Labute approximate surface area is 140 Å². The van der Waals surface area contributed by atoms with Gasteiger partial charge in [-0.15, -0.1) is 0 Å². The topological polar surface area (TPSA) is 74.0 Å². The van der Waals surface area contributed by atoms with Crippen LogP contribution in [0, 0.1) is 27.8 Å². The van der Waals surface area contributed by atoms with E-state index in [2.05, 4.69) is 15.8 Å². The van der Waals surface area contributed by atoms with Crippen molar-refractivity contribution in [3.05, 3.63) is 28.5 Å². The molecule has 4 saturated carbocycles. The second kappa shape index (κ2) is 5.44. The number of H-pyrrole nitrogens is 1. The molecular weight excluding hydrogens is 310 g/mol. The molecule has 0 radical (unpaired) electrons. The van der Waals surface area contributed by atoms with Gasteiger partial charge in [-0.1, -0.05) is 12.2 Å². The Morgan fingerprint density at radius 2 is 1.70 bits per heavy atom. The molecule has 5 rings (SSSR count). The highest BCUT2D eigenvalue weighted by molar-refractivity contribution is 7.71. The highest BCUT2D eigenvalue weighted by atomic mass is 32.1. The first-order valence-electron chi connectivity index (χ1n) is 8.34. The molecule has 0 saturated heterocycles. The lowest BCUT2D eigenvalue weighted by atomic mass is 9.49. The molecule has 5 nitrogen and oxygen atoms in total. The predicted octanol–water partition coefficient (Wildman–Crippen LogP) is 2.72. The number of hydrazine groups is 1. The van der Waals surface area contributed by atoms with Gasteiger partial charge in [0.05, 0.1) is 11.0 Å². The van der Waals surface area contributed by atoms with Crippen molar-refractivity contribution in [3.8, 4) is 0 Å². The van der Waals surface area contributed by atoms with Crippen LogP contribution in [-0.4, -0.2) is 16.8 Å². The van der Waals surface area contributed by atoms with Crippen LogP contribution in [0.4, 0.5) is 0 Å². The highest BCUT2D eigenvalue weighted by Gasteiger charge is 2.54. The number of amides is 2. The standard InChI is InChI=1S/C17H21N3O2S/c21-14(13-2-1-3-18-15(13)23)19-20-16(22)17-7-10-4-11(8-17)6-12(5-10)9-17/h1-3,10-12H,4-9H2,(H,18,23)(H,19,21)(H,20,22). The van der Waals surface area contributed by atoms with Crippen molar-refractivity contribution in [2.45, 2.75) is 38.5 Å². The van der Waals surface area contributed by atoms with Crippen molar-refractivity contribution in [2.24, 2.45) is 23.2 Å². The van der Waals surface area contributed by atoms with Crippen LogP contribution in [0.15, 0.2) is 18.3 Å². The van der Waals surface area contributed by atoms with Crippen LogP contribution in [0.1, 0.15) is 48.9 Å². The van der Waals surface area contributed by atoms with Crippen LogP contribution in [0.3, 0.4) is 0 Å². The molecule has 0 aromatic carbocycles. The van der Waals surface area contributed by atoms with Crippen LogP contribution in [0.2, 0.25) is 0 Å². The molecule has 0 spiro atoms. The molecule has 1 heterocycles. The Bertz CT molecular complexity index is 677. The zero-order chi connectivity index (χ0) is 16.0. The fourth-order valence-corrected chi connectivity index (χ4v) is 5.53. The summed E-state index contributed by atoms with van der Waals surface area (Å²) in [4.78, 5) is 27.8. The number of carbonyl (C=O) groups is 2. The quantitative estimate of drug-likeness (QED) is 0.576. The Morgan fingerprint density at radius 3 is 2.26 bits per heavy atom. The lowest BCUT2D eigenvalue weighted by Crippen LogP contribution is -2.56. The van der Waals surface area contributed by atoms with Crippen molar-refractivity contribution in [3.63, 3.8) is 0 Å². The molecule has 1 aromatic heterocycles. The van der Waals surface area contributed by atoms with Gasteiger partial charge in [0.2, 0.25) is 5.91 Å². The van der Waals surface area contributed by atoms with Crippen LogP contribution in [0.5, 0.6) is 0 Å². The first-order valence-corrected chi connectivity index (χ1v) is 8.75. The van der Waals surface area contributed by atoms with E-state index in [9.17, 15) is 9.59 Å². The summed E-state index contributed by atoms with van der Waals surface area (Å²) in [6, 6.07) is 3.36. The molecule has 4 fully saturated rings. The van der Waals surface area contributed by atoms with Crippen molar-refractivity contribution in [1.82, 2.24) is 15.8 Å². The summed E-state index contributed by atoms with van der Waals surface area (Å²) in [7, 11) is 0. The average molecular weight is 331 g/mol. The molecule has 4 aliphatic rings. The molecule has 6 heteroatoms. The van der Waals surface area contributed by atoms with Gasteiger partial charge < -0.3 is 4.98 Å². The summed E-state index contributed by atoms with van der Waals surface area (Å²) >= 11 is 5.09. The van der Waals surface area contributed by atoms with E-state index in [4.69, 9.17) is 12.2 Å². The van der Waals surface area contributed by atoms with E-state index in [1.54, 1.807) is 18.3 Å². The Kier molecular flexibility index (Phi) is 3.52. The maximum atomic E-state index is 12.8. The molecule has 122 valence electrons. The third kappa shape index (κ3) is 2.59. The van der Waals surface area contributed by atoms with Crippen molar-refractivity contribution < 1.29 is 9.59 Å². The number of hydrogen-bond acceptors (Lipinski definition) is 3. The second-order valence-electron chi connectivity index (χ2n) is 7.52. The monoisotopic (exact) mass is 331 g/mol. The maximum Gasteiger partial charge on any atom is 0.272 e. The second-order valence-corrected chi connectivity index (χ2v) is 7.93. The normalized spacial score (nSPS) is 34.2. The zero-order valence-electron chi connectivity index (χ0n) is 12.9. The first kappa shape index (κ1) is 14.9. The summed E-state index contributed by atoms with van der Waals surface area (Å²) in [5.74, 6) is 1.71. The third-order valence-electron chi connectivity index (χ3n) is 5.87. The number of aromatic amines is 1. The van der Waals surface area contributed by atoms with E-state index >= 15 is 0 Å². The molecule has 4 bridgehead atoms. The summed E-state index contributed by atoms with van der Waals surface area (Å²) in [6.07, 6.45) is 8.48. The summed E-state index contributed by atoms with van der Waals surface area (Å²) < 4.78 is 0.369. The molecule has 1 aromatic rings. The van der Waals surface area contributed by atoms with Crippen molar-refractivity contribution >= 4 is 24.0 Å². The lowest BCUT2D eigenvalue weighted by Gasteiger charge is -2.55. The zero-order valence-corrected chi connectivity index (χ0v) is 13.7. The van der Waals surface area contributed by atoms with E-state index < -0.39 is 0 Å². The number of rotatable bonds is 2. The largest absolute Gasteiger partial charge is 0.352 e. The van der Waals surface area contributed by atoms with E-state index in [0.717, 1.165) is 19.3 Å². The van der Waals surface area contributed by atoms with Crippen LogP contribution < -0.4 is 10.9 Å². The number of nitrogens with one attached hydrogen (secondary N) is 3. The molecule has 23 heavy (non-hydrogen) atoms. The molecule has 0 unspecified atom stereocenters. The maximum absolute atomic E-state index is 12.8. The molecule has 0 aliphatic heterocycles. The number of pyridine rings is 1. The van der Waals surface area contributed by atoms with E-state index in [-0.39, 0.29) is 17.2 Å². The fourth-order valence-electron chi connectivity index (χ4n) is 5.30. The molecule has 4 aliphatic carbocycles. The Balaban J connectivity index is 1.44. The molecular formula is C17H21N3O2S. The summed E-state index contributed by atoms with van der Waals surface area (Å²) in [5.41, 5.74) is 5.31. The smallest absolute Gasteiger partial charge is 0.272 e. The fraction of sp³-hybridized carbons (Fsp3) is 0.588. The minimum atomic E-state index is -0.370. The minimum Gasteiger partial charge on any atom is -0.352 e. The van der Waals surface area contributed by atoms with Crippen molar-refractivity contribution in [1.29, 1.82) is 0 Å². The van der Waals surface area contributed by atoms with Gasteiger partial charge in [0.15, 0.2) is 0 Å². The van der Waals surface area contributed by atoms with E-state index in [0.29, 0.717) is 28.0 Å². The van der Waals surface area contributed by atoms with Gasteiger partial charge in [-0.05, 0) is 68.4 Å². The predicted molar refractivity (Wildman–Crippen MR) is 87.8 cm³/mol. The van der Waals surface area contributed by atoms with Gasteiger partial charge in [0.1, 0.15) is 4.64 Å². The van der Waals surface area contributed by atoms with Gasteiger partial charge in [0, 0.05) is 6.20 Å². The van der Waals surface area contributed by atoms with E-state index in [1.807, 2.05) is 0 Å². The third-order valence-corrected chi connectivity index (χ3v) is 6.21. The Hall–Kier alpha value is -1.69. The van der Waals surface area contributed by atoms with Crippen LogP contribution >= 0.6 is 12.2 Å². The molecule has 2 amide bonds. The number of carbonyl (C=O) groups excluding carboxylic acids is 2. The van der Waals surface area contributed by atoms with Gasteiger partial charge in [-0.25, -0.2) is 0 Å². The Morgan fingerprint density at radius 1 is 1.09 bits per heavy atom. The molecule has 3 N–H and O–H groups in total. The van der Waals surface area contributed by atoms with Crippen LogP contribution in [0.25, 0.3) is 0 Å².